The highest BCUT2D eigenvalue weighted by Crippen LogP contribution is 2.22. The first-order chi connectivity index (χ1) is 9.76. The van der Waals surface area contributed by atoms with Gasteiger partial charge >= 0.3 is 11.8 Å². The Morgan fingerprint density at radius 3 is 2.67 bits per heavy atom. The van der Waals surface area contributed by atoms with Crippen molar-refractivity contribution in [1.82, 2.24) is 5.32 Å². The van der Waals surface area contributed by atoms with Crippen LogP contribution in [0.15, 0.2) is 18.2 Å². The number of carbonyl (C=O) groups is 2. The number of anilines is 1. The van der Waals surface area contributed by atoms with E-state index in [0.29, 0.717) is 22.0 Å². The zero-order valence-electron chi connectivity index (χ0n) is 12.2. The van der Waals surface area contributed by atoms with E-state index in [0.717, 1.165) is 0 Å². The van der Waals surface area contributed by atoms with E-state index in [1.54, 1.807) is 32.0 Å². The van der Waals surface area contributed by atoms with Crippen molar-refractivity contribution in [2.45, 2.75) is 19.4 Å². The second kappa shape index (κ2) is 7.68. The van der Waals surface area contributed by atoms with Crippen LogP contribution in [0, 0.1) is 6.92 Å². The zero-order chi connectivity index (χ0) is 16.0. The molecule has 3 N–H and O–H groups in total. The van der Waals surface area contributed by atoms with Crippen molar-refractivity contribution in [3.8, 4) is 0 Å². The van der Waals surface area contributed by atoms with Crippen molar-refractivity contribution >= 4 is 40.9 Å². The summed E-state index contributed by atoms with van der Waals surface area (Å²) in [7, 11) is 0. The summed E-state index contributed by atoms with van der Waals surface area (Å²) in [6, 6.07) is 5.05. The topological polar surface area (TPSA) is 78.4 Å². The molecule has 7 heteroatoms. The number of thioether (sulfide) groups is 1. The molecule has 116 valence electrons. The summed E-state index contributed by atoms with van der Waals surface area (Å²) in [5, 5.41) is 15.4. The van der Waals surface area contributed by atoms with Gasteiger partial charge in [0.1, 0.15) is 0 Å². The molecule has 0 aromatic heterocycles. The van der Waals surface area contributed by atoms with Gasteiger partial charge in [-0.3, -0.25) is 9.59 Å². The summed E-state index contributed by atoms with van der Waals surface area (Å²) in [6.45, 7) is 3.36. The van der Waals surface area contributed by atoms with Crippen LogP contribution < -0.4 is 10.6 Å². The molecule has 1 aromatic rings. The van der Waals surface area contributed by atoms with Gasteiger partial charge in [0.15, 0.2) is 0 Å². The number of aliphatic hydroxyl groups is 1. The van der Waals surface area contributed by atoms with Crippen molar-refractivity contribution < 1.29 is 14.7 Å². The highest BCUT2D eigenvalue weighted by Gasteiger charge is 2.23. The molecule has 0 saturated heterocycles. The van der Waals surface area contributed by atoms with Gasteiger partial charge in [0.2, 0.25) is 0 Å². The van der Waals surface area contributed by atoms with E-state index in [1.807, 2.05) is 6.26 Å². The molecule has 1 rings (SSSR count). The van der Waals surface area contributed by atoms with Gasteiger partial charge in [0, 0.05) is 23.0 Å². The van der Waals surface area contributed by atoms with Gasteiger partial charge in [-0.05, 0) is 37.8 Å². The maximum absolute atomic E-state index is 11.8. The molecule has 0 heterocycles. The van der Waals surface area contributed by atoms with Crippen molar-refractivity contribution in [3.63, 3.8) is 0 Å². The fourth-order valence-electron chi connectivity index (χ4n) is 1.63. The Morgan fingerprint density at radius 1 is 1.38 bits per heavy atom. The number of rotatable bonds is 5. The van der Waals surface area contributed by atoms with Crippen LogP contribution in [0.4, 0.5) is 5.69 Å². The first-order valence-corrected chi connectivity index (χ1v) is 8.09. The number of benzene rings is 1. The van der Waals surface area contributed by atoms with Gasteiger partial charge in [0.05, 0.1) is 5.60 Å². The van der Waals surface area contributed by atoms with Crippen molar-refractivity contribution in [1.29, 1.82) is 0 Å². The number of hydrogen-bond donors (Lipinski definition) is 3. The third kappa shape index (κ3) is 5.57. The van der Waals surface area contributed by atoms with E-state index < -0.39 is 17.4 Å². The van der Waals surface area contributed by atoms with Gasteiger partial charge in [-0.25, -0.2) is 0 Å². The average Bonchev–Trinajstić information content (AvgIpc) is 2.41. The molecule has 1 atom stereocenters. The number of nitrogens with one attached hydrogen (secondary N) is 2. The van der Waals surface area contributed by atoms with Crippen LogP contribution in [0.2, 0.25) is 5.02 Å². The van der Waals surface area contributed by atoms with Crippen LogP contribution in [0.5, 0.6) is 0 Å². The minimum Gasteiger partial charge on any atom is -0.387 e. The SMILES string of the molecule is CSC[C@](C)(O)CNC(=O)C(=O)Nc1cccc(Cl)c1C. The lowest BCUT2D eigenvalue weighted by molar-refractivity contribution is -0.136. The third-order valence-corrected chi connectivity index (χ3v) is 4.13. The second-order valence-electron chi connectivity index (χ2n) is 4.98. The van der Waals surface area contributed by atoms with Crippen molar-refractivity contribution in [2.75, 3.05) is 23.9 Å². The standard InChI is InChI=1S/C14H19ClN2O3S/c1-9-10(15)5-4-6-11(9)17-13(19)12(18)16-7-14(2,20)8-21-3/h4-6,20H,7-8H2,1-3H3,(H,16,18)(H,17,19)/t14-/m1/s1. The van der Waals surface area contributed by atoms with Crippen molar-refractivity contribution in [3.05, 3.63) is 28.8 Å². The largest absolute Gasteiger partial charge is 0.387 e. The summed E-state index contributed by atoms with van der Waals surface area (Å²) in [5.74, 6) is -1.13. The van der Waals surface area contributed by atoms with Crippen LogP contribution in [0.1, 0.15) is 12.5 Å². The molecule has 0 radical (unpaired) electrons. The molecule has 21 heavy (non-hydrogen) atoms. The van der Waals surface area contributed by atoms with Crippen LogP contribution in [0.3, 0.4) is 0 Å². The summed E-state index contributed by atoms with van der Waals surface area (Å²) in [4.78, 5) is 23.5. The molecule has 2 amide bonds. The number of carbonyl (C=O) groups excluding carboxylic acids is 2. The smallest absolute Gasteiger partial charge is 0.313 e. The highest BCUT2D eigenvalue weighted by atomic mass is 35.5. The predicted octanol–water partition coefficient (Wildman–Crippen LogP) is 1.82. The fourth-order valence-corrected chi connectivity index (χ4v) is 2.53. The van der Waals surface area contributed by atoms with E-state index in [4.69, 9.17) is 11.6 Å². The quantitative estimate of drug-likeness (QED) is 0.720. The Morgan fingerprint density at radius 2 is 2.05 bits per heavy atom. The molecule has 0 saturated carbocycles. The van der Waals surface area contributed by atoms with Crippen molar-refractivity contribution in [2.24, 2.45) is 0 Å². The zero-order valence-corrected chi connectivity index (χ0v) is 13.8. The molecular weight excluding hydrogens is 312 g/mol. The molecule has 0 aliphatic rings. The van der Waals surface area contributed by atoms with Crippen LogP contribution >= 0.6 is 23.4 Å². The normalized spacial score (nSPS) is 13.4. The minimum atomic E-state index is -1.05. The van der Waals surface area contributed by atoms with Gasteiger partial charge in [0.25, 0.3) is 0 Å². The Balaban J connectivity index is 2.60. The Labute approximate surface area is 133 Å². The summed E-state index contributed by atoms with van der Waals surface area (Å²) in [6.07, 6.45) is 1.85. The molecule has 0 aliphatic heterocycles. The lowest BCUT2D eigenvalue weighted by Gasteiger charge is -2.22. The first-order valence-electron chi connectivity index (χ1n) is 6.32. The lowest BCUT2D eigenvalue weighted by atomic mass is 10.1. The lowest BCUT2D eigenvalue weighted by Crippen LogP contribution is -2.45. The first kappa shape index (κ1) is 17.8. The number of amides is 2. The van der Waals surface area contributed by atoms with Crippen LogP contribution in [-0.2, 0) is 9.59 Å². The molecule has 0 unspecified atom stereocenters. The van der Waals surface area contributed by atoms with E-state index in [-0.39, 0.29) is 6.54 Å². The Hall–Kier alpha value is -1.24. The average molecular weight is 331 g/mol. The molecule has 1 aromatic carbocycles. The monoisotopic (exact) mass is 330 g/mol. The molecule has 0 bridgehead atoms. The van der Waals surface area contributed by atoms with Gasteiger partial charge in [-0.2, -0.15) is 11.8 Å². The van der Waals surface area contributed by atoms with E-state index >= 15 is 0 Å². The van der Waals surface area contributed by atoms with Crippen LogP contribution in [0.25, 0.3) is 0 Å². The summed E-state index contributed by atoms with van der Waals surface area (Å²) in [5.41, 5.74) is 0.120. The minimum absolute atomic E-state index is 0.00855. The van der Waals surface area contributed by atoms with E-state index in [9.17, 15) is 14.7 Å². The Bertz CT molecular complexity index is 535. The maximum atomic E-state index is 11.8. The number of hydrogen-bond acceptors (Lipinski definition) is 4. The maximum Gasteiger partial charge on any atom is 0.313 e. The van der Waals surface area contributed by atoms with Crippen LogP contribution in [-0.4, -0.2) is 41.1 Å². The molecule has 0 aliphatic carbocycles. The third-order valence-electron chi connectivity index (χ3n) is 2.81. The van der Waals surface area contributed by atoms with E-state index in [1.165, 1.54) is 11.8 Å². The molecular formula is C14H19ClN2O3S. The fraction of sp³-hybridized carbons (Fsp3) is 0.429. The van der Waals surface area contributed by atoms with E-state index in [2.05, 4.69) is 10.6 Å². The van der Waals surface area contributed by atoms with Gasteiger partial charge < -0.3 is 15.7 Å². The predicted molar refractivity (Wildman–Crippen MR) is 86.8 cm³/mol. The molecule has 0 fully saturated rings. The molecule has 0 spiro atoms. The van der Waals surface area contributed by atoms with Gasteiger partial charge in [-0.1, -0.05) is 17.7 Å². The Kier molecular flexibility index (Phi) is 6.51. The second-order valence-corrected chi connectivity index (χ2v) is 6.25. The van der Waals surface area contributed by atoms with Gasteiger partial charge in [-0.15, -0.1) is 0 Å². The number of halogens is 1. The summed E-state index contributed by atoms with van der Waals surface area (Å²) >= 11 is 7.40. The summed E-state index contributed by atoms with van der Waals surface area (Å²) < 4.78 is 0. The molecule has 5 nitrogen and oxygen atoms in total. The highest BCUT2D eigenvalue weighted by molar-refractivity contribution is 7.98.